The third kappa shape index (κ3) is 5.01. The van der Waals surface area contributed by atoms with Gasteiger partial charge < -0.3 is 10.6 Å². The van der Waals surface area contributed by atoms with E-state index in [9.17, 15) is 18.4 Å². The number of halogens is 2. The van der Waals surface area contributed by atoms with Crippen LogP contribution in [-0.2, 0) is 4.79 Å². The van der Waals surface area contributed by atoms with E-state index in [0.717, 1.165) is 17.7 Å². The summed E-state index contributed by atoms with van der Waals surface area (Å²) in [5.41, 5.74) is 1.38. The first-order chi connectivity index (χ1) is 13.5. The highest BCUT2D eigenvalue weighted by molar-refractivity contribution is 5.95. The van der Waals surface area contributed by atoms with E-state index in [4.69, 9.17) is 0 Å². The van der Waals surface area contributed by atoms with E-state index in [1.165, 1.54) is 6.07 Å². The Hall–Kier alpha value is -3.54. The number of anilines is 1. The maximum absolute atomic E-state index is 13.3. The molecular weight excluding hydrogens is 362 g/mol. The molecule has 0 heterocycles. The molecule has 0 aliphatic rings. The average Bonchev–Trinajstić information content (AvgIpc) is 2.71. The Bertz CT molecular complexity index is 963. The molecule has 3 aromatic rings. The molecule has 0 radical (unpaired) electrons. The first-order valence-electron chi connectivity index (χ1n) is 8.68. The van der Waals surface area contributed by atoms with E-state index in [2.05, 4.69) is 10.6 Å². The fraction of sp³-hybridized carbons (Fsp3) is 0.0909. The number of amides is 2. The molecule has 0 saturated carbocycles. The Morgan fingerprint density at radius 1 is 0.821 bits per heavy atom. The van der Waals surface area contributed by atoms with Crippen molar-refractivity contribution in [3.63, 3.8) is 0 Å². The lowest BCUT2D eigenvalue weighted by atomic mass is 10.0. The van der Waals surface area contributed by atoms with Crippen molar-refractivity contribution in [2.75, 3.05) is 5.32 Å². The van der Waals surface area contributed by atoms with Gasteiger partial charge in [0, 0.05) is 17.3 Å². The Labute approximate surface area is 161 Å². The van der Waals surface area contributed by atoms with Crippen LogP contribution < -0.4 is 10.6 Å². The minimum atomic E-state index is -1.05. The summed E-state index contributed by atoms with van der Waals surface area (Å²) in [6.07, 6.45) is -0.0679. The summed E-state index contributed by atoms with van der Waals surface area (Å²) < 4.78 is 26.4. The van der Waals surface area contributed by atoms with Gasteiger partial charge in [0.15, 0.2) is 11.6 Å². The highest BCUT2D eigenvalue weighted by Gasteiger charge is 2.19. The molecule has 6 heteroatoms. The smallest absolute Gasteiger partial charge is 0.251 e. The third-order valence-corrected chi connectivity index (χ3v) is 4.14. The molecular formula is C22H18F2N2O2. The minimum absolute atomic E-state index is 0.0679. The summed E-state index contributed by atoms with van der Waals surface area (Å²) in [4.78, 5) is 24.9. The van der Waals surface area contributed by atoms with Crippen LogP contribution in [0.2, 0.25) is 0 Å². The molecule has 0 fully saturated rings. The second kappa shape index (κ2) is 8.90. The maximum Gasteiger partial charge on any atom is 0.251 e. The number of benzene rings is 3. The van der Waals surface area contributed by atoms with E-state index in [-0.39, 0.29) is 18.0 Å². The standard InChI is InChI=1S/C22H18F2N2O2/c23-18-12-11-17(13-19(18)24)25-21(27)14-20(15-7-3-1-4-8-15)26-22(28)16-9-5-2-6-10-16/h1-13,20H,14H2,(H,25,27)(H,26,28)/t20-/m1/s1. The zero-order chi connectivity index (χ0) is 19.9. The number of nitrogens with one attached hydrogen (secondary N) is 2. The molecule has 3 rings (SSSR count). The molecule has 0 aliphatic carbocycles. The zero-order valence-corrected chi connectivity index (χ0v) is 14.9. The Kier molecular flexibility index (Phi) is 6.11. The van der Waals surface area contributed by atoms with Crippen LogP contribution in [0.1, 0.15) is 28.4 Å². The van der Waals surface area contributed by atoms with Gasteiger partial charge in [-0.05, 0) is 29.8 Å². The summed E-state index contributed by atoms with van der Waals surface area (Å²) in [7, 11) is 0. The number of carbonyl (C=O) groups excluding carboxylic acids is 2. The van der Waals surface area contributed by atoms with Crippen LogP contribution in [-0.4, -0.2) is 11.8 Å². The number of rotatable bonds is 6. The van der Waals surface area contributed by atoms with Crippen molar-refractivity contribution in [2.45, 2.75) is 12.5 Å². The first kappa shape index (κ1) is 19.2. The molecule has 0 spiro atoms. The number of hydrogen-bond donors (Lipinski definition) is 2. The van der Waals surface area contributed by atoms with E-state index < -0.39 is 23.6 Å². The molecule has 0 bridgehead atoms. The fourth-order valence-electron chi connectivity index (χ4n) is 2.74. The topological polar surface area (TPSA) is 58.2 Å². The summed E-state index contributed by atoms with van der Waals surface area (Å²) in [5, 5.41) is 5.38. The van der Waals surface area contributed by atoms with Crippen LogP contribution in [0.15, 0.2) is 78.9 Å². The van der Waals surface area contributed by atoms with Crippen LogP contribution >= 0.6 is 0 Å². The molecule has 3 aromatic carbocycles. The van der Waals surface area contributed by atoms with Crippen LogP contribution in [0.25, 0.3) is 0 Å². The fourth-order valence-corrected chi connectivity index (χ4v) is 2.74. The third-order valence-electron chi connectivity index (χ3n) is 4.14. The summed E-state index contributed by atoms with van der Waals surface area (Å²) in [5.74, 6) is -2.78. The van der Waals surface area contributed by atoms with Gasteiger partial charge in [0.2, 0.25) is 5.91 Å². The van der Waals surface area contributed by atoms with Crippen LogP contribution in [0.3, 0.4) is 0 Å². The van der Waals surface area contributed by atoms with Gasteiger partial charge in [-0.25, -0.2) is 8.78 Å². The minimum Gasteiger partial charge on any atom is -0.345 e. The molecule has 2 N–H and O–H groups in total. The predicted molar refractivity (Wildman–Crippen MR) is 103 cm³/mol. The van der Waals surface area contributed by atoms with E-state index in [1.54, 1.807) is 42.5 Å². The molecule has 4 nitrogen and oxygen atoms in total. The molecule has 0 saturated heterocycles. The Morgan fingerprint density at radius 3 is 2.11 bits per heavy atom. The van der Waals surface area contributed by atoms with Crippen molar-refractivity contribution < 1.29 is 18.4 Å². The maximum atomic E-state index is 13.3. The van der Waals surface area contributed by atoms with Gasteiger partial charge in [0.1, 0.15) is 0 Å². The molecule has 0 aromatic heterocycles. The van der Waals surface area contributed by atoms with Gasteiger partial charge in [-0.2, -0.15) is 0 Å². The van der Waals surface area contributed by atoms with Gasteiger partial charge in [-0.3, -0.25) is 9.59 Å². The van der Waals surface area contributed by atoms with Gasteiger partial charge in [-0.1, -0.05) is 48.5 Å². The van der Waals surface area contributed by atoms with Crippen molar-refractivity contribution in [1.29, 1.82) is 0 Å². The van der Waals surface area contributed by atoms with Crippen molar-refractivity contribution in [3.05, 3.63) is 102 Å². The van der Waals surface area contributed by atoms with Crippen molar-refractivity contribution in [1.82, 2.24) is 5.32 Å². The highest BCUT2D eigenvalue weighted by atomic mass is 19.2. The quantitative estimate of drug-likeness (QED) is 0.663. The SMILES string of the molecule is O=C(C[C@@H](NC(=O)c1ccccc1)c1ccccc1)Nc1ccc(F)c(F)c1. The lowest BCUT2D eigenvalue weighted by Gasteiger charge is -2.19. The van der Waals surface area contributed by atoms with Crippen molar-refractivity contribution >= 4 is 17.5 Å². The molecule has 0 aliphatic heterocycles. The van der Waals surface area contributed by atoms with E-state index in [1.807, 2.05) is 18.2 Å². The average molecular weight is 380 g/mol. The summed E-state index contributed by atoms with van der Waals surface area (Å²) in [6, 6.07) is 20.3. The second-order valence-corrected chi connectivity index (χ2v) is 6.18. The van der Waals surface area contributed by atoms with Gasteiger partial charge >= 0.3 is 0 Å². The van der Waals surface area contributed by atoms with Crippen LogP contribution in [0.4, 0.5) is 14.5 Å². The predicted octanol–water partition coefficient (Wildman–Crippen LogP) is 4.46. The van der Waals surface area contributed by atoms with E-state index in [0.29, 0.717) is 5.56 Å². The summed E-state index contributed by atoms with van der Waals surface area (Å²) >= 11 is 0. The second-order valence-electron chi connectivity index (χ2n) is 6.18. The zero-order valence-electron chi connectivity index (χ0n) is 14.9. The van der Waals surface area contributed by atoms with Crippen LogP contribution in [0, 0.1) is 11.6 Å². The summed E-state index contributed by atoms with van der Waals surface area (Å²) in [6.45, 7) is 0. The molecule has 1 atom stereocenters. The first-order valence-corrected chi connectivity index (χ1v) is 8.68. The highest BCUT2D eigenvalue weighted by Crippen LogP contribution is 2.19. The lowest BCUT2D eigenvalue weighted by molar-refractivity contribution is -0.116. The van der Waals surface area contributed by atoms with Crippen molar-refractivity contribution in [2.24, 2.45) is 0 Å². The normalized spacial score (nSPS) is 11.5. The largest absolute Gasteiger partial charge is 0.345 e. The number of carbonyl (C=O) groups is 2. The molecule has 28 heavy (non-hydrogen) atoms. The number of hydrogen-bond acceptors (Lipinski definition) is 2. The van der Waals surface area contributed by atoms with Gasteiger partial charge in [0.05, 0.1) is 12.5 Å². The van der Waals surface area contributed by atoms with Gasteiger partial charge in [-0.15, -0.1) is 0 Å². The van der Waals surface area contributed by atoms with E-state index >= 15 is 0 Å². The monoisotopic (exact) mass is 380 g/mol. The Balaban J connectivity index is 1.74. The molecule has 142 valence electrons. The lowest BCUT2D eigenvalue weighted by Crippen LogP contribution is -2.31. The molecule has 0 unspecified atom stereocenters. The van der Waals surface area contributed by atoms with Crippen molar-refractivity contribution in [3.8, 4) is 0 Å². The van der Waals surface area contributed by atoms with Gasteiger partial charge in [0.25, 0.3) is 5.91 Å². The Morgan fingerprint density at radius 2 is 1.46 bits per heavy atom. The van der Waals surface area contributed by atoms with Crippen LogP contribution in [0.5, 0.6) is 0 Å². The molecule has 2 amide bonds.